The molecule has 1 aliphatic carbocycles. The fraction of sp³-hybridized carbons (Fsp3) is 0.647. The Labute approximate surface area is 123 Å². The first-order chi connectivity index (χ1) is 9.68. The van der Waals surface area contributed by atoms with Crippen LogP contribution < -0.4 is 5.32 Å². The highest BCUT2D eigenvalue weighted by Crippen LogP contribution is 2.36. The number of ether oxygens (including phenoxy) is 1. The van der Waals surface area contributed by atoms with Crippen LogP contribution in [0.15, 0.2) is 24.3 Å². The van der Waals surface area contributed by atoms with Crippen molar-refractivity contribution in [3.63, 3.8) is 0 Å². The number of hydrogen-bond donors (Lipinski definition) is 1. The third-order valence-electron chi connectivity index (χ3n) is 4.11. The fourth-order valence-corrected chi connectivity index (χ4v) is 2.87. The van der Waals surface area contributed by atoms with Gasteiger partial charge in [0.25, 0.3) is 0 Å². The molecule has 1 aliphatic rings. The molecular weight excluding hydrogens is 248 g/mol. The van der Waals surface area contributed by atoms with E-state index in [4.69, 9.17) is 4.74 Å². The molecule has 0 heterocycles. The molecule has 0 aliphatic heterocycles. The van der Waals surface area contributed by atoms with Gasteiger partial charge < -0.3 is 15.0 Å². The van der Waals surface area contributed by atoms with E-state index in [0.717, 1.165) is 26.3 Å². The van der Waals surface area contributed by atoms with Crippen LogP contribution in [0, 0.1) is 0 Å². The van der Waals surface area contributed by atoms with Gasteiger partial charge in [0.2, 0.25) is 0 Å². The van der Waals surface area contributed by atoms with Crippen LogP contribution in [0.5, 0.6) is 0 Å². The lowest BCUT2D eigenvalue weighted by atomic mass is 9.81. The molecule has 3 heteroatoms. The second-order valence-corrected chi connectivity index (χ2v) is 6.03. The average Bonchev–Trinajstić information content (AvgIpc) is 2.45. The summed E-state index contributed by atoms with van der Waals surface area (Å²) in [7, 11) is 4.14. The van der Waals surface area contributed by atoms with Crippen LogP contribution in [0.3, 0.4) is 0 Å². The van der Waals surface area contributed by atoms with Crippen molar-refractivity contribution in [3.8, 4) is 0 Å². The minimum Gasteiger partial charge on any atom is -0.379 e. The highest BCUT2D eigenvalue weighted by atomic mass is 16.5. The van der Waals surface area contributed by atoms with Crippen molar-refractivity contribution in [2.24, 2.45) is 0 Å². The summed E-state index contributed by atoms with van der Waals surface area (Å²) in [5.41, 5.74) is 3.00. The molecule has 20 heavy (non-hydrogen) atoms. The molecule has 3 nitrogen and oxygen atoms in total. The van der Waals surface area contributed by atoms with E-state index in [1.54, 1.807) is 0 Å². The van der Waals surface area contributed by atoms with Crippen molar-refractivity contribution in [1.82, 2.24) is 10.2 Å². The second kappa shape index (κ2) is 7.77. The van der Waals surface area contributed by atoms with E-state index in [9.17, 15) is 0 Å². The largest absolute Gasteiger partial charge is 0.379 e. The van der Waals surface area contributed by atoms with Crippen LogP contribution >= 0.6 is 0 Å². The zero-order valence-corrected chi connectivity index (χ0v) is 13.1. The molecule has 0 saturated carbocycles. The molecule has 2 atom stereocenters. The van der Waals surface area contributed by atoms with Gasteiger partial charge in [0.1, 0.15) is 0 Å². The lowest BCUT2D eigenvalue weighted by molar-refractivity contribution is 0.117. The summed E-state index contributed by atoms with van der Waals surface area (Å²) in [6.07, 6.45) is 2.51. The SMILES string of the molecule is CC1CCC(NCCOCCN(C)C)c2ccccc21. The molecule has 1 aromatic rings. The van der Waals surface area contributed by atoms with Gasteiger partial charge in [0.15, 0.2) is 0 Å². The Morgan fingerprint density at radius 2 is 1.90 bits per heavy atom. The molecule has 2 rings (SSSR count). The number of nitrogens with one attached hydrogen (secondary N) is 1. The van der Waals surface area contributed by atoms with Crippen LogP contribution in [0.1, 0.15) is 42.9 Å². The summed E-state index contributed by atoms with van der Waals surface area (Å²) >= 11 is 0. The molecule has 0 saturated heterocycles. The fourth-order valence-electron chi connectivity index (χ4n) is 2.87. The Bertz CT molecular complexity index is 406. The number of benzene rings is 1. The lowest BCUT2D eigenvalue weighted by Crippen LogP contribution is -2.29. The third kappa shape index (κ3) is 4.30. The molecule has 112 valence electrons. The van der Waals surface area contributed by atoms with Crippen LogP contribution in [0.2, 0.25) is 0 Å². The molecule has 1 aromatic carbocycles. The molecule has 0 amide bonds. The van der Waals surface area contributed by atoms with Gasteiger partial charge in [-0.15, -0.1) is 0 Å². The Morgan fingerprint density at radius 1 is 1.15 bits per heavy atom. The van der Waals surface area contributed by atoms with Gasteiger partial charge in [-0.1, -0.05) is 31.2 Å². The zero-order chi connectivity index (χ0) is 14.4. The maximum Gasteiger partial charge on any atom is 0.0593 e. The van der Waals surface area contributed by atoms with E-state index in [-0.39, 0.29) is 0 Å². The predicted octanol–water partition coefficient (Wildman–Crippen LogP) is 2.79. The van der Waals surface area contributed by atoms with Crippen LogP contribution in [0.25, 0.3) is 0 Å². The quantitative estimate of drug-likeness (QED) is 0.775. The van der Waals surface area contributed by atoms with Crippen molar-refractivity contribution < 1.29 is 4.74 Å². The number of fused-ring (bicyclic) bond motifs is 1. The number of rotatable bonds is 7. The normalized spacial score (nSPS) is 22.0. The van der Waals surface area contributed by atoms with E-state index in [2.05, 4.69) is 55.5 Å². The average molecular weight is 276 g/mol. The summed E-state index contributed by atoms with van der Waals surface area (Å²) in [5.74, 6) is 0.695. The molecule has 0 radical (unpaired) electrons. The van der Waals surface area contributed by atoms with Crippen LogP contribution in [0.4, 0.5) is 0 Å². The minimum absolute atomic E-state index is 0.500. The maximum atomic E-state index is 5.64. The van der Waals surface area contributed by atoms with Crippen LogP contribution in [-0.4, -0.2) is 45.3 Å². The summed E-state index contributed by atoms with van der Waals surface area (Å²) in [5, 5.41) is 3.65. The van der Waals surface area contributed by atoms with Gasteiger partial charge in [0, 0.05) is 19.1 Å². The molecule has 0 bridgehead atoms. The van der Waals surface area contributed by atoms with Gasteiger partial charge in [-0.05, 0) is 44.0 Å². The second-order valence-electron chi connectivity index (χ2n) is 6.03. The van der Waals surface area contributed by atoms with Crippen molar-refractivity contribution in [1.29, 1.82) is 0 Å². The molecule has 2 unspecified atom stereocenters. The number of hydrogen-bond acceptors (Lipinski definition) is 3. The van der Waals surface area contributed by atoms with Gasteiger partial charge in [-0.25, -0.2) is 0 Å². The van der Waals surface area contributed by atoms with E-state index in [1.165, 1.54) is 24.0 Å². The number of likely N-dealkylation sites (N-methyl/N-ethyl adjacent to an activating group) is 1. The predicted molar refractivity (Wildman–Crippen MR) is 84.2 cm³/mol. The van der Waals surface area contributed by atoms with Crippen molar-refractivity contribution in [2.75, 3.05) is 40.4 Å². The molecule has 0 fully saturated rings. The highest BCUT2D eigenvalue weighted by Gasteiger charge is 2.23. The first-order valence-electron chi connectivity index (χ1n) is 7.73. The Balaban J connectivity index is 1.76. The van der Waals surface area contributed by atoms with E-state index < -0.39 is 0 Å². The Kier molecular flexibility index (Phi) is 6.02. The maximum absolute atomic E-state index is 5.64. The van der Waals surface area contributed by atoms with E-state index in [0.29, 0.717) is 12.0 Å². The summed E-state index contributed by atoms with van der Waals surface area (Å²) in [4.78, 5) is 2.15. The molecular formula is C17H28N2O. The topological polar surface area (TPSA) is 24.5 Å². The molecule has 0 spiro atoms. The lowest BCUT2D eigenvalue weighted by Gasteiger charge is -2.30. The first kappa shape index (κ1) is 15.5. The van der Waals surface area contributed by atoms with Gasteiger partial charge in [-0.3, -0.25) is 0 Å². The van der Waals surface area contributed by atoms with Gasteiger partial charge in [-0.2, -0.15) is 0 Å². The minimum atomic E-state index is 0.500. The van der Waals surface area contributed by atoms with Crippen molar-refractivity contribution >= 4 is 0 Å². The van der Waals surface area contributed by atoms with Crippen molar-refractivity contribution in [3.05, 3.63) is 35.4 Å². The van der Waals surface area contributed by atoms with Gasteiger partial charge in [0.05, 0.1) is 13.2 Å². The summed E-state index contributed by atoms with van der Waals surface area (Å²) in [6, 6.07) is 9.36. The van der Waals surface area contributed by atoms with Gasteiger partial charge >= 0.3 is 0 Å². The smallest absolute Gasteiger partial charge is 0.0593 e. The number of nitrogens with zero attached hydrogens (tertiary/aromatic N) is 1. The first-order valence-corrected chi connectivity index (χ1v) is 7.73. The standard InChI is InChI=1S/C17H28N2O/c1-14-8-9-17(16-7-5-4-6-15(14)16)18-10-12-20-13-11-19(2)3/h4-7,14,17-18H,8-13H2,1-3H3. The highest BCUT2D eigenvalue weighted by molar-refractivity contribution is 5.34. The van der Waals surface area contributed by atoms with E-state index in [1.807, 2.05) is 0 Å². The molecule has 1 N–H and O–H groups in total. The summed E-state index contributed by atoms with van der Waals surface area (Å²) in [6.45, 7) is 5.86. The molecule has 0 aromatic heterocycles. The van der Waals surface area contributed by atoms with E-state index >= 15 is 0 Å². The zero-order valence-electron chi connectivity index (χ0n) is 13.1. The third-order valence-corrected chi connectivity index (χ3v) is 4.11. The van der Waals surface area contributed by atoms with Crippen molar-refractivity contribution in [2.45, 2.75) is 31.7 Å². The monoisotopic (exact) mass is 276 g/mol. The summed E-state index contributed by atoms with van der Waals surface area (Å²) < 4.78 is 5.64. The van der Waals surface area contributed by atoms with Crippen LogP contribution in [-0.2, 0) is 4.74 Å². The Morgan fingerprint density at radius 3 is 2.65 bits per heavy atom. The Hall–Kier alpha value is -0.900.